The second-order valence-corrected chi connectivity index (χ2v) is 5.78. The smallest absolute Gasteiger partial charge is 0.258 e. The number of aromatic nitrogens is 2. The predicted octanol–water partition coefficient (Wildman–Crippen LogP) is 3.30. The maximum Gasteiger partial charge on any atom is 0.258 e. The van der Waals surface area contributed by atoms with E-state index in [1.54, 1.807) is 19.2 Å². The van der Waals surface area contributed by atoms with Crippen molar-refractivity contribution in [3.05, 3.63) is 47.2 Å². The molecule has 1 aromatic carbocycles. The van der Waals surface area contributed by atoms with E-state index in [4.69, 9.17) is 9.15 Å². The van der Waals surface area contributed by atoms with Gasteiger partial charge in [0.1, 0.15) is 12.2 Å². The molecular formula is C16H15N3O3S. The van der Waals surface area contributed by atoms with Crippen molar-refractivity contribution in [3.8, 4) is 16.5 Å². The predicted molar refractivity (Wildman–Crippen MR) is 87.7 cm³/mol. The second-order valence-electron chi connectivity index (χ2n) is 4.86. The van der Waals surface area contributed by atoms with E-state index in [1.165, 1.54) is 11.3 Å². The largest absolute Gasteiger partial charge is 0.495 e. The molecule has 0 atom stereocenters. The quantitative estimate of drug-likeness (QED) is 0.777. The number of nitrogens with zero attached hydrogens (tertiary/aromatic N) is 2. The van der Waals surface area contributed by atoms with Gasteiger partial charge in [0.25, 0.3) is 5.89 Å². The van der Waals surface area contributed by atoms with Crippen LogP contribution >= 0.6 is 11.3 Å². The van der Waals surface area contributed by atoms with Gasteiger partial charge in [0.15, 0.2) is 0 Å². The standard InChI is InChI=1S/C16H15N3O3S/c1-10-7-8-23-15(10)16-19-18-14(22-16)9-13(20)17-11-5-3-4-6-12(11)21-2/h3-8H,9H2,1-2H3,(H,17,20). The third-order valence-corrected chi connectivity index (χ3v) is 4.22. The number of methoxy groups -OCH3 is 1. The number of nitrogens with one attached hydrogen (secondary N) is 1. The summed E-state index contributed by atoms with van der Waals surface area (Å²) in [4.78, 5) is 13.0. The van der Waals surface area contributed by atoms with Crippen LogP contribution in [0.1, 0.15) is 11.5 Å². The number of aryl methyl sites for hydroxylation is 1. The van der Waals surface area contributed by atoms with Crippen LogP contribution in [0.5, 0.6) is 5.75 Å². The van der Waals surface area contributed by atoms with Gasteiger partial charge in [0.05, 0.1) is 17.7 Å². The number of carbonyl (C=O) groups is 1. The van der Waals surface area contributed by atoms with Gasteiger partial charge < -0.3 is 14.5 Å². The average Bonchev–Trinajstić information content (AvgIpc) is 3.16. The fourth-order valence-electron chi connectivity index (χ4n) is 2.09. The zero-order chi connectivity index (χ0) is 16.2. The SMILES string of the molecule is COc1ccccc1NC(=O)Cc1nnc(-c2sccc2C)o1. The van der Waals surface area contributed by atoms with E-state index in [1.807, 2.05) is 30.5 Å². The van der Waals surface area contributed by atoms with E-state index in [2.05, 4.69) is 15.5 Å². The molecule has 0 saturated carbocycles. The van der Waals surface area contributed by atoms with Crippen LogP contribution in [0.2, 0.25) is 0 Å². The van der Waals surface area contributed by atoms with E-state index < -0.39 is 0 Å². The van der Waals surface area contributed by atoms with Gasteiger partial charge in [-0.25, -0.2) is 0 Å². The number of carbonyl (C=O) groups excluding carboxylic acids is 1. The summed E-state index contributed by atoms with van der Waals surface area (Å²) in [5.41, 5.74) is 1.68. The summed E-state index contributed by atoms with van der Waals surface area (Å²) in [6.45, 7) is 1.98. The Balaban J connectivity index is 1.69. The van der Waals surface area contributed by atoms with Crippen molar-refractivity contribution < 1.29 is 13.9 Å². The highest BCUT2D eigenvalue weighted by Gasteiger charge is 2.15. The minimum absolute atomic E-state index is 0.00940. The zero-order valence-corrected chi connectivity index (χ0v) is 13.5. The van der Waals surface area contributed by atoms with Gasteiger partial charge in [-0.1, -0.05) is 12.1 Å². The lowest BCUT2D eigenvalue weighted by molar-refractivity contribution is -0.115. The Labute approximate surface area is 137 Å². The summed E-state index contributed by atoms with van der Waals surface area (Å²) >= 11 is 1.53. The maximum absolute atomic E-state index is 12.1. The van der Waals surface area contributed by atoms with Crippen molar-refractivity contribution in [2.24, 2.45) is 0 Å². The molecule has 0 aliphatic heterocycles. The molecule has 23 heavy (non-hydrogen) atoms. The number of anilines is 1. The molecule has 3 rings (SSSR count). The fourth-order valence-corrected chi connectivity index (χ4v) is 2.93. The molecule has 0 unspecified atom stereocenters. The normalized spacial score (nSPS) is 10.5. The van der Waals surface area contributed by atoms with Crippen LogP contribution in [0.3, 0.4) is 0 Å². The lowest BCUT2D eigenvalue weighted by Crippen LogP contribution is -2.15. The summed E-state index contributed by atoms with van der Waals surface area (Å²) in [5, 5.41) is 12.7. The molecule has 3 aromatic rings. The number of hydrogen-bond donors (Lipinski definition) is 1. The first-order valence-electron chi connectivity index (χ1n) is 6.97. The van der Waals surface area contributed by atoms with Gasteiger partial charge in [-0.2, -0.15) is 0 Å². The number of amides is 1. The number of rotatable bonds is 5. The third kappa shape index (κ3) is 3.40. The van der Waals surface area contributed by atoms with Crippen LogP contribution in [0, 0.1) is 6.92 Å². The molecule has 0 fully saturated rings. The zero-order valence-electron chi connectivity index (χ0n) is 12.7. The molecule has 2 aromatic heterocycles. The Hall–Kier alpha value is -2.67. The van der Waals surface area contributed by atoms with Crippen molar-refractivity contribution >= 4 is 22.9 Å². The van der Waals surface area contributed by atoms with Gasteiger partial charge >= 0.3 is 0 Å². The van der Waals surface area contributed by atoms with Crippen LogP contribution in [-0.4, -0.2) is 23.2 Å². The highest BCUT2D eigenvalue weighted by atomic mass is 32.1. The van der Waals surface area contributed by atoms with Gasteiger partial charge in [0, 0.05) is 0 Å². The van der Waals surface area contributed by atoms with Crippen molar-refractivity contribution in [3.63, 3.8) is 0 Å². The minimum atomic E-state index is -0.243. The molecule has 0 saturated heterocycles. The Morgan fingerprint density at radius 3 is 2.87 bits per heavy atom. The number of para-hydroxylation sites is 2. The molecular weight excluding hydrogens is 314 g/mol. The van der Waals surface area contributed by atoms with Crippen molar-refractivity contribution in [2.45, 2.75) is 13.3 Å². The Bertz CT molecular complexity index is 825. The Morgan fingerprint density at radius 1 is 1.30 bits per heavy atom. The van der Waals surface area contributed by atoms with Gasteiger partial charge in [-0.05, 0) is 36.1 Å². The molecule has 1 N–H and O–H groups in total. The maximum atomic E-state index is 12.1. The van der Waals surface area contributed by atoms with Gasteiger partial charge in [-0.3, -0.25) is 4.79 Å². The van der Waals surface area contributed by atoms with Crippen LogP contribution in [0.15, 0.2) is 40.1 Å². The van der Waals surface area contributed by atoms with Crippen molar-refractivity contribution in [2.75, 3.05) is 12.4 Å². The Kier molecular flexibility index (Phi) is 4.38. The number of ether oxygens (including phenoxy) is 1. The van der Waals surface area contributed by atoms with Gasteiger partial charge in [-0.15, -0.1) is 21.5 Å². The molecule has 1 amide bonds. The first-order chi connectivity index (χ1) is 11.2. The average molecular weight is 329 g/mol. The molecule has 0 aliphatic rings. The molecule has 0 bridgehead atoms. The first-order valence-corrected chi connectivity index (χ1v) is 7.85. The van der Waals surface area contributed by atoms with Gasteiger partial charge in [0.2, 0.25) is 11.8 Å². The number of benzene rings is 1. The molecule has 0 spiro atoms. The molecule has 0 aliphatic carbocycles. The summed E-state index contributed by atoms with van der Waals surface area (Å²) in [6, 6.07) is 9.19. The number of thiophene rings is 1. The van der Waals surface area contributed by atoms with Crippen LogP contribution in [-0.2, 0) is 11.2 Å². The second kappa shape index (κ2) is 6.62. The van der Waals surface area contributed by atoms with Crippen molar-refractivity contribution in [1.82, 2.24) is 10.2 Å². The molecule has 2 heterocycles. The van der Waals surface area contributed by atoms with Crippen LogP contribution < -0.4 is 10.1 Å². The monoisotopic (exact) mass is 329 g/mol. The number of hydrogen-bond acceptors (Lipinski definition) is 6. The summed E-state index contributed by atoms with van der Waals surface area (Å²) in [7, 11) is 1.55. The molecule has 118 valence electrons. The van der Waals surface area contributed by atoms with Crippen molar-refractivity contribution in [1.29, 1.82) is 0 Å². The summed E-state index contributed by atoms with van der Waals surface area (Å²) < 4.78 is 10.8. The van der Waals surface area contributed by atoms with E-state index in [0.29, 0.717) is 17.3 Å². The first kappa shape index (κ1) is 15.2. The third-order valence-electron chi connectivity index (χ3n) is 3.22. The fraction of sp³-hybridized carbons (Fsp3) is 0.188. The van der Waals surface area contributed by atoms with Crippen LogP contribution in [0.4, 0.5) is 5.69 Å². The molecule has 6 nitrogen and oxygen atoms in total. The molecule has 0 radical (unpaired) electrons. The lowest BCUT2D eigenvalue weighted by atomic mass is 10.3. The Morgan fingerprint density at radius 2 is 2.13 bits per heavy atom. The minimum Gasteiger partial charge on any atom is -0.495 e. The van der Waals surface area contributed by atoms with Crippen LogP contribution in [0.25, 0.3) is 10.8 Å². The molecule has 7 heteroatoms. The summed E-state index contributed by atoms with van der Waals surface area (Å²) in [5.74, 6) is 1.08. The summed E-state index contributed by atoms with van der Waals surface area (Å²) in [6.07, 6.45) is 0.00940. The highest BCUT2D eigenvalue weighted by molar-refractivity contribution is 7.13. The highest BCUT2D eigenvalue weighted by Crippen LogP contribution is 2.28. The van der Waals surface area contributed by atoms with E-state index in [0.717, 1.165) is 10.4 Å². The lowest BCUT2D eigenvalue weighted by Gasteiger charge is -2.08. The van der Waals surface area contributed by atoms with E-state index >= 15 is 0 Å². The topological polar surface area (TPSA) is 77.2 Å². The van der Waals surface area contributed by atoms with E-state index in [9.17, 15) is 4.79 Å². The van der Waals surface area contributed by atoms with E-state index in [-0.39, 0.29) is 18.2 Å².